The van der Waals surface area contributed by atoms with Gasteiger partial charge in [0.05, 0.1) is 30.5 Å². The van der Waals surface area contributed by atoms with Gasteiger partial charge in [0.1, 0.15) is 11.6 Å². The summed E-state index contributed by atoms with van der Waals surface area (Å²) in [6, 6.07) is 13.9. The number of rotatable bonds is 8. The van der Waals surface area contributed by atoms with Crippen molar-refractivity contribution >= 4 is 11.0 Å². The molecule has 1 aliphatic heterocycles. The van der Waals surface area contributed by atoms with Gasteiger partial charge in [-0.05, 0) is 84.5 Å². The van der Waals surface area contributed by atoms with Gasteiger partial charge in [-0.15, -0.1) is 0 Å². The molecular weight excluding hydrogens is 559 g/mol. The third-order valence-corrected chi connectivity index (χ3v) is 9.76. The summed E-state index contributed by atoms with van der Waals surface area (Å²) in [5.74, 6) is 1.12. The number of ether oxygens (including phenoxy) is 1. The first kappa shape index (κ1) is 28.9. The van der Waals surface area contributed by atoms with Crippen LogP contribution in [0.1, 0.15) is 63.0 Å². The number of pyridine rings is 1. The van der Waals surface area contributed by atoms with Gasteiger partial charge in [-0.2, -0.15) is 0 Å². The molecule has 9 heteroatoms. The van der Waals surface area contributed by atoms with E-state index >= 15 is 0 Å². The van der Waals surface area contributed by atoms with E-state index in [9.17, 15) is 19.1 Å². The fourth-order valence-corrected chi connectivity index (χ4v) is 7.11. The summed E-state index contributed by atoms with van der Waals surface area (Å²) in [6.07, 6.45) is 9.78. The van der Waals surface area contributed by atoms with Crippen LogP contribution < -0.4 is 11.2 Å². The van der Waals surface area contributed by atoms with E-state index in [-0.39, 0.29) is 22.8 Å². The fraction of sp³-hybridized carbons (Fsp3) is 0.457. The molecule has 44 heavy (non-hydrogen) atoms. The number of aromatic hydroxyl groups is 1. The highest BCUT2D eigenvalue weighted by Crippen LogP contribution is 2.39. The minimum atomic E-state index is -0.610. The Labute approximate surface area is 255 Å². The Bertz CT molecular complexity index is 1780. The molecule has 0 spiro atoms. The molecule has 2 aliphatic carbocycles. The van der Waals surface area contributed by atoms with Gasteiger partial charge in [0.15, 0.2) is 5.65 Å². The molecule has 1 saturated heterocycles. The van der Waals surface area contributed by atoms with E-state index in [1.807, 2.05) is 30.3 Å². The Kier molecular flexibility index (Phi) is 8.08. The van der Waals surface area contributed by atoms with Gasteiger partial charge in [0.2, 0.25) is 0 Å². The number of fused-ring (bicyclic) bond motifs is 1. The topological polar surface area (TPSA) is 89.6 Å². The van der Waals surface area contributed by atoms with Crippen molar-refractivity contribution in [1.29, 1.82) is 0 Å². The minimum Gasteiger partial charge on any atom is -0.508 e. The molecule has 3 heterocycles. The van der Waals surface area contributed by atoms with Crippen molar-refractivity contribution in [3.8, 4) is 22.6 Å². The van der Waals surface area contributed by atoms with Crippen LogP contribution in [0.4, 0.5) is 4.39 Å². The lowest BCUT2D eigenvalue weighted by Crippen LogP contribution is -2.43. The molecule has 3 fully saturated rings. The predicted octanol–water partition coefficient (Wildman–Crippen LogP) is 5.81. The van der Waals surface area contributed by atoms with E-state index in [0.29, 0.717) is 31.4 Å². The third kappa shape index (κ3) is 5.95. The molecule has 1 N–H and O–H groups in total. The summed E-state index contributed by atoms with van der Waals surface area (Å²) in [7, 11) is 0. The van der Waals surface area contributed by atoms with Crippen molar-refractivity contribution in [1.82, 2.24) is 19.0 Å². The number of aromatic nitrogens is 3. The van der Waals surface area contributed by atoms with Crippen LogP contribution in [0.5, 0.6) is 5.75 Å². The van der Waals surface area contributed by atoms with Crippen molar-refractivity contribution in [3.63, 3.8) is 0 Å². The summed E-state index contributed by atoms with van der Waals surface area (Å²) < 4.78 is 22.8. The monoisotopic (exact) mass is 598 g/mol. The Balaban J connectivity index is 1.27. The van der Waals surface area contributed by atoms with Crippen LogP contribution in [0.2, 0.25) is 0 Å². The number of phenols is 1. The number of phenolic OH excluding ortho intramolecular Hbond substituents is 1. The number of nitrogens with zero attached hydrogens (tertiary/aromatic N) is 4. The molecule has 2 aromatic carbocycles. The van der Waals surface area contributed by atoms with E-state index in [2.05, 4.69) is 9.88 Å². The first-order chi connectivity index (χ1) is 21.4. The van der Waals surface area contributed by atoms with E-state index in [1.165, 1.54) is 40.9 Å². The molecule has 4 aromatic rings. The van der Waals surface area contributed by atoms with Crippen LogP contribution in [0, 0.1) is 17.7 Å². The molecule has 230 valence electrons. The quantitative estimate of drug-likeness (QED) is 0.275. The smallest absolute Gasteiger partial charge is 0.337 e. The molecule has 2 saturated carbocycles. The predicted molar refractivity (Wildman–Crippen MR) is 168 cm³/mol. The van der Waals surface area contributed by atoms with Crippen molar-refractivity contribution in [2.24, 2.45) is 11.8 Å². The van der Waals surface area contributed by atoms with Gasteiger partial charge in [-0.25, -0.2) is 18.7 Å². The SMILES string of the molecule is O=c1c2cc(F)cnc2n(-c2cccc(-c3ccc(O)cc3CN3CCOCC3)c2)c(=O)n1C1CCC(CCC2CC2)CC1. The molecule has 0 atom stereocenters. The highest BCUT2D eigenvalue weighted by Gasteiger charge is 2.29. The Morgan fingerprint density at radius 1 is 0.909 bits per heavy atom. The molecule has 3 aliphatic rings. The molecule has 8 nitrogen and oxygen atoms in total. The maximum Gasteiger partial charge on any atom is 0.337 e. The van der Waals surface area contributed by atoms with Gasteiger partial charge in [-0.1, -0.05) is 43.9 Å². The molecule has 0 bridgehead atoms. The highest BCUT2D eigenvalue weighted by atomic mass is 19.1. The summed E-state index contributed by atoms with van der Waals surface area (Å²) in [5.41, 5.74) is 2.54. The third-order valence-electron chi connectivity index (χ3n) is 9.76. The van der Waals surface area contributed by atoms with E-state index in [1.54, 1.807) is 12.1 Å². The average molecular weight is 599 g/mol. The van der Waals surface area contributed by atoms with Crippen LogP contribution in [0.3, 0.4) is 0 Å². The zero-order valence-corrected chi connectivity index (χ0v) is 25.0. The number of hydrogen-bond donors (Lipinski definition) is 1. The molecule has 7 rings (SSSR count). The summed E-state index contributed by atoms with van der Waals surface area (Å²) in [5, 5.41) is 10.4. The molecule has 0 radical (unpaired) electrons. The first-order valence-corrected chi connectivity index (χ1v) is 16.0. The Hall–Kier alpha value is -3.82. The van der Waals surface area contributed by atoms with Gasteiger partial charge < -0.3 is 9.84 Å². The number of hydrogen-bond acceptors (Lipinski definition) is 6. The van der Waals surface area contributed by atoms with Gasteiger partial charge in [-0.3, -0.25) is 14.3 Å². The van der Waals surface area contributed by atoms with Crippen LogP contribution in [0.15, 0.2) is 64.3 Å². The second-order valence-corrected chi connectivity index (χ2v) is 12.8. The lowest BCUT2D eigenvalue weighted by Gasteiger charge is -2.30. The Morgan fingerprint density at radius 2 is 1.64 bits per heavy atom. The molecule has 2 aromatic heterocycles. The summed E-state index contributed by atoms with van der Waals surface area (Å²) >= 11 is 0. The van der Waals surface area contributed by atoms with Crippen molar-refractivity contribution < 1.29 is 14.2 Å². The molecular formula is C35H39FN4O4. The van der Waals surface area contributed by atoms with Crippen LogP contribution in [-0.2, 0) is 11.3 Å². The second kappa shape index (κ2) is 12.3. The average Bonchev–Trinajstić information content (AvgIpc) is 3.87. The molecule has 0 unspecified atom stereocenters. The largest absolute Gasteiger partial charge is 0.508 e. The van der Waals surface area contributed by atoms with E-state index in [4.69, 9.17) is 4.74 Å². The lowest BCUT2D eigenvalue weighted by atomic mass is 9.83. The van der Waals surface area contributed by atoms with Gasteiger partial charge in [0.25, 0.3) is 5.56 Å². The minimum absolute atomic E-state index is 0.100. The van der Waals surface area contributed by atoms with Crippen molar-refractivity contribution in [2.45, 2.75) is 64.0 Å². The molecule has 0 amide bonds. The van der Waals surface area contributed by atoms with E-state index in [0.717, 1.165) is 67.6 Å². The normalized spacial score (nSPS) is 21.1. The fourth-order valence-electron chi connectivity index (χ4n) is 7.11. The maximum atomic E-state index is 14.5. The first-order valence-electron chi connectivity index (χ1n) is 16.0. The van der Waals surface area contributed by atoms with Crippen molar-refractivity contribution in [3.05, 3.63) is 86.9 Å². The van der Waals surface area contributed by atoms with Crippen LogP contribution in [0.25, 0.3) is 27.8 Å². The number of morpholine rings is 1. The highest BCUT2D eigenvalue weighted by molar-refractivity contribution is 5.77. The Morgan fingerprint density at radius 3 is 2.36 bits per heavy atom. The zero-order chi connectivity index (χ0) is 30.2. The van der Waals surface area contributed by atoms with Gasteiger partial charge in [0, 0.05) is 25.7 Å². The maximum absolute atomic E-state index is 14.5. The summed E-state index contributed by atoms with van der Waals surface area (Å²) in [6.45, 7) is 3.61. The van der Waals surface area contributed by atoms with Crippen molar-refractivity contribution in [2.75, 3.05) is 26.3 Å². The lowest BCUT2D eigenvalue weighted by molar-refractivity contribution is 0.0342. The van der Waals surface area contributed by atoms with Crippen LogP contribution >= 0.6 is 0 Å². The van der Waals surface area contributed by atoms with Crippen LogP contribution in [-0.4, -0.2) is 50.4 Å². The number of halogens is 1. The second-order valence-electron chi connectivity index (χ2n) is 12.8. The summed E-state index contributed by atoms with van der Waals surface area (Å²) in [4.78, 5) is 34.6. The number of benzene rings is 2. The van der Waals surface area contributed by atoms with E-state index < -0.39 is 17.1 Å². The standard InChI is InChI=1S/C35H39FN4O4/c36-27-20-32-33(37-21-27)39(35(43)40(34(32)42)28-10-8-24(9-11-28)7-6-23-4-5-23)29-3-1-2-25(18-29)31-13-12-30(41)19-26(31)22-38-14-16-44-17-15-38/h1-3,12-13,18-21,23-24,28,41H,4-11,14-17,22H2. The zero-order valence-electron chi connectivity index (χ0n) is 25.0. The van der Waals surface area contributed by atoms with Gasteiger partial charge >= 0.3 is 5.69 Å².